The van der Waals surface area contributed by atoms with Crippen LogP contribution in [-0.2, 0) is 10.3 Å². The largest absolute Gasteiger partial charge is 0.383 e. The minimum atomic E-state index is -0.127. The highest BCUT2D eigenvalue weighted by atomic mass is 16.5. The number of fused-ring (bicyclic) bond motifs is 1. The third-order valence-electron chi connectivity index (χ3n) is 3.12. The fraction of sp³-hybridized carbons (Fsp3) is 0.467. The maximum absolute atomic E-state index is 12.3. The average molecular weight is 275 g/mol. The zero-order valence-electron chi connectivity index (χ0n) is 12.4. The highest BCUT2D eigenvalue weighted by molar-refractivity contribution is 6.06. The molecule has 2 heterocycles. The topological polar surface area (TPSA) is 56.1 Å². The first-order chi connectivity index (χ1) is 9.45. The Morgan fingerprint density at radius 1 is 1.45 bits per heavy atom. The number of hydrogen-bond acceptors (Lipinski definition) is 3. The first-order valence-corrected chi connectivity index (χ1v) is 6.69. The van der Waals surface area contributed by atoms with E-state index >= 15 is 0 Å². The number of carbonyl (C=O) groups is 1. The van der Waals surface area contributed by atoms with Gasteiger partial charge in [0, 0.05) is 37.0 Å². The molecule has 0 atom stereocenters. The van der Waals surface area contributed by atoms with Gasteiger partial charge in [0.15, 0.2) is 0 Å². The second-order valence-electron chi connectivity index (χ2n) is 5.71. The van der Waals surface area contributed by atoms with Crippen LogP contribution in [0, 0.1) is 0 Å². The summed E-state index contributed by atoms with van der Waals surface area (Å²) in [5, 5.41) is 3.72. The summed E-state index contributed by atoms with van der Waals surface area (Å²) < 4.78 is 6.98. The second-order valence-corrected chi connectivity index (χ2v) is 5.71. The molecule has 0 aliphatic rings. The highest BCUT2D eigenvalue weighted by Crippen LogP contribution is 2.25. The van der Waals surface area contributed by atoms with Gasteiger partial charge in [-0.05, 0) is 32.9 Å². The quantitative estimate of drug-likeness (QED) is 0.870. The van der Waals surface area contributed by atoms with Crippen LogP contribution >= 0.6 is 0 Å². The molecule has 5 heteroatoms. The van der Waals surface area contributed by atoms with Gasteiger partial charge in [0.05, 0.1) is 12.2 Å². The number of carbonyl (C=O) groups excluding carboxylic acids is 1. The standard InChI is InChI=1S/C15H21N3O2/c1-15(2,3)18-10-12(14(19)17-8-9-20-4)11-6-5-7-16-13(11)18/h5-7,10H,8-9H2,1-4H3,(H,17,19). The average Bonchev–Trinajstić information content (AvgIpc) is 2.78. The summed E-state index contributed by atoms with van der Waals surface area (Å²) in [6, 6.07) is 3.77. The van der Waals surface area contributed by atoms with Crippen LogP contribution in [0.1, 0.15) is 31.1 Å². The Kier molecular flexibility index (Phi) is 4.09. The van der Waals surface area contributed by atoms with Crippen LogP contribution in [0.2, 0.25) is 0 Å². The van der Waals surface area contributed by atoms with Gasteiger partial charge in [0.2, 0.25) is 0 Å². The second kappa shape index (κ2) is 5.63. The molecule has 1 amide bonds. The van der Waals surface area contributed by atoms with E-state index < -0.39 is 0 Å². The third-order valence-corrected chi connectivity index (χ3v) is 3.12. The number of nitrogens with one attached hydrogen (secondary N) is 1. The van der Waals surface area contributed by atoms with Crippen LogP contribution < -0.4 is 5.32 Å². The molecule has 108 valence electrons. The summed E-state index contributed by atoms with van der Waals surface area (Å²) in [6.07, 6.45) is 3.62. The van der Waals surface area contributed by atoms with Gasteiger partial charge in [-0.3, -0.25) is 4.79 Å². The van der Waals surface area contributed by atoms with Crippen molar-refractivity contribution in [1.29, 1.82) is 0 Å². The number of pyridine rings is 1. The van der Waals surface area contributed by atoms with E-state index in [1.807, 2.05) is 22.9 Å². The predicted molar refractivity (Wildman–Crippen MR) is 78.9 cm³/mol. The minimum absolute atomic E-state index is 0.0944. The molecule has 0 saturated heterocycles. The number of hydrogen-bond donors (Lipinski definition) is 1. The van der Waals surface area contributed by atoms with Crippen molar-refractivity contribution in [3.05, 3.63) is 30.1 Å². The zero-order chi connectivity index (χ0) is 14.8. The van der Waals surface area contributed by atoms with Gasteiger partial charge in [0.1, 0.15) is 5.65 Å². The van der Waals surface area contributed by atoms with Gasteiger partial charge in [0.25, 0.3) is 5.91 Å². The monoisotopic (exact) mass is 275 g/mol. The van der Waals surface area contributed by atoms with Gasteiger partial charge < -0.3 is 14.6 Å². The van der Waals surface area contributed by atoms with E-state index in [0.717, 1.165) is 11.0 Å². The number of amides is 1. The van der Waals surface area contributed by atoms with E-state index in [1.165, 1.54) is 0 Å². The van der Waals surface area contributed by atoms with E-state index in [-0.39, 0.29) is 11.4 Å². The number of methoxy groups -OCH3 is 1. The van der Waals surface area contributed by atoms with Gasteiger partial charge in [-0.25, -0.2) is 4.98 Å². The summed E-state index contributed by atoms with van der Waals surface area (Å²) in [5.41, 5.74) is 1.36. The molecular formula is C15H21N3O2. The van der Waals surface area contributed by atoms with Gasteiger partial charge >= 0.3 is 0 Å². The lowest BCUT2D eigenvalue weighted by Gasteiger charge is -2.21. The molecule has 0 unspecified atom stereocenters. The maximum Gasteiger partial charge on any atom is 0.253 e. The third kappa shape index (κ3) is 2.82. The Morgan fingerprint density at radius 3 is 2.85 bits per heavy atom. The van der Waals surface area contributed by atoms with Crippen molar-refractivity contribution in [2.24, 2.45) is 0 Å². The molecule has 0 aromatic carbocycles. The minimum Gasteiger partial charge on any atom is -0.383 e. The summed E-state index contributed by atoms with van der Waals surface area (Å²) in [5.74, 6) is -0.0944. The first-order valence-electron chi connectivity index (χ1n) is 6.69. The molecule has 0 aliphatic carbocycles. The van der Waals surface area contributed by atoms with Gasteiger partial charge in [-0.15, -0.1) is 0 Å². The zero-order valence-corrected chi connectivity index (χ0v) is 12.4. The number of rotatable bonds is 4. The molecule has 0 radical (unpaired) electrons. The Hall–Kier alpha value is -1.88. The maximum atomic E-state index is 12.3. The molecule has 5 nitrogen and oxygen atoms in total. The van der Waals surface area contributed by atoms with E-state index in [4.69, 9.17) is 4.74 Å². The Labute approximate surface area is 118 Å². The SMILES string of the molecule is COCCNC(=O)c1cn(C(C)(C)C)c2ncccc12. The molecular weight excluding hydrogens is 254 g/mol. The lowest BCUT2D eigenvalue weighted by Crippen LogP contribution is -2.27. The Bertz CT molecular complexity index is 611. The molecule has 2 aromatic rings. The van der Waals surface area contributed by atoms with Crippen LogP contribution in [0.4, 0.5) is 0 Å². The lowest BCUT2D eigenvalue weighted by atomic mass is 10.1. The van der Waals surface area contributed by atoms with Crippen molar-refractivity contribution < 1.29 is 9.53 Å². The molecule has 2 aromatic heterocycles. The van der Waals surface area contributed by atoms with E-state index in [9.17, 15) is 4.79 Å². The smallest absolute Gasteiger partial charge is 0.253 e. The van der Waals surface area contributed by atoms with Crippen molar-refractivity contribution in [3.8, 4) is 0 Å². The molecule has 0 saturated carbocycles. The molecule has 0 aliphatic heterocycles. The van der Waals surface area contributed by atoms with Crippen LogP contribution in [0.5, 0.6) is 0 Å². The van der Waals surface area contributed by atoms with Crippen molar-refractivity contribution in [3.63, 3.8) is 0 Å². The molecule has 0 spiro atoms. The van der Waals surface area contributed by atoms with Crippen LogP contribution in [-0.4, -0.2) is 35.7 Å². The van der Waals surface area contributed by atoms with Crippen molar-refractivity contribution in [2.45, 2.75) is 26.3 Å². The molecule has 0 bridgehead atoms. The van der Waals surface area contributed by atoms with Crippen molar-refractivity contribution in [1.82, 2.24) is 14.9 Å². The van der Waals surface area contributed by atoms with Gasteiger partial charge in [-0.1, -0.05) is 0 Å². The number of nitrogens with zero attached hydrogens (tertiary/aromatic N) is 2. The van der Waals surface area contributed by atoms with Crippen molar-refractivity contribution in [2.75, 3.05) is 20.3 Å². The summed E-state index contributed by atoms with van der Waals surface area (Å²) in [6.45, 7) is 7.27. The molecule has 20 heavy (non-hydrogen) atoms. The highest BCUT2D eigenvalue weighted by Gasteiger charge is 2.21. The number of aromatic nitrogens is 2. The lowest BCUT2D eigenvalue weighted by molar-refractivity contribution is 0.0938. The Morgan fingerprint density at radius 2 is 2.20 bits per heavy atom. The van der Waals surface area contributed by atoms with E-state index in [1.54, 1.807) is 13.3 Å². The summed E-state index contributed by atoms with van der Waals surface area (Å²) >= 11 is 0. The predicted octanol–water partition coefficient (Wildman–Crippen LogP) is 2.17. The van der Waals surface area contributed by atoms with E-state index in [2.05, 4.69) is 31.1 Å². The summed E-state index contributed by atoms with van der Waals surface area (Å²) in [7, 11) is 1.61. The summed E-state index contributed by atoms with van der Waals surface area (Å²) in [4.78, 5) is 16.7. The van der Waals surface area contributed by atoms with Gasteiger partial charge in [-0.2, -0.15) is 0 Å². The first kappa shape index (κ1) is 14.5. The number of ether oxygens (including phenoxy) is 1. The van der Waals surface area contributed by atoms with Crippen molar-refractivity contribution >= 4 is 16.9 Å². The fourth-order valence-electron chi connectivity index (χ4n) is 2.11. The molecule has 2 rings (SSSR count). The van der Waals surface area contributed by atoms with Crippen LogP contribution in [0.25, 0.3) is 11.0 Å². The van der Waals surface area contributed by atoms with Crippen LogP contribution in [0.3, 0.4) is 0 Å². The Balaban J connectivity index is 2.41. The van der Waals surface area contributed by atoms with Crippen LogP contribution in [0.15, 0.2) is 24.5 Å². The fourth-order valence-corrected chi connectivity index (χ4v) is 2.11. The molecule has 0 fully saturated rings. The molecule has 1 N–H and O–H groups in total. The van der Waals surface area contributed by atoms with E-state index in [0.29, 0.717) is 18.7 Å². The normalized spacial score (nSPS) is 11.8.